The third kappa shape index (κ3) is 3.84. The molecule has 0 aliphatic carbocycles. The first-order valence-electron chi connectivity index (χ1n) is 5.71. The minimum Gasteiger partial charge on any atom is -0.394 e. The molecule has 0 aliphatic heterocycles. The third-order valence-corrected chi connectivity index (χ3v) is 2.62. The van der Waals surface area contributed by atoms with Crippen molar-refractivity contribution in [2.24, 2.45) is 0 Å². The van der Waals surface area contributed by atoms with Crippen LogP contribution in [0.4, 0.5) is 0 Å². The van der Waals surface area contributed by atoms with Crippen LogP contribution in [0.25, 0.3) is 0 Å². The number of nitrogens with one attached hydrogen (secondary N) is 1. The van der Waals surface area contributed by atoms with E-state index in [0.29, 0.717) is 11.5 Å². The summed E-state index contributed by atoms with van der Waals surface area (Å²) in [5.41, 5.74) is 1.70. The van der Waals surface area contributed by atoms with E-state index in [4.69, 9.17) is 10.2 Å². The predicted molar refractivity (Wildman–Crippen MR) is 66.0 cm³/mol. The van der Waals surface area contributed by atoms with Crippen LogP contribution in [0.1, 0.15) is 35.7 Å². The fourth-order valence-corrected chi connectivity index (χ4v) is 1.44. The van der Waals surface area contributed by atoms with Gasteiger partial charge in [0.25, 0.3) is 5.91 Å². The van der Waals surface area contributed by atoms with Crippen molar-refractivity contribution in [2.45, 2.75) is 25.8 Å². The minimum atomic E-state index is -0.604. The summed E-state index contributed by atoms with van der Waals surface area (Å²) in [4.78, 5) is 11.7. The van der Waals surface area contributed by atoms with Crippen LogP contribution in [0.3, 0.4) is 0 Å². The zero-order chi connectivity index (χ0) is 12.8. The number of carbonyl (C=O) groups excluding carboxylic acids is 1. The van der Waals surface area contributed by atoms with Crippen molar-refractivity contribution in [3.63, 3.8) is 0 Å². The van der Waals surface area contributed by atoms with Crippen molar-refractivity contribution >= 4 is 5.91 Å². The van der Waals surface area contributed by atoms with E-state index in [9.17, 15) is 4.79 Å². The van der Waals surface area contributed by atoms with Gasteiger partial charge in [-0.15, -0.1) is 0 Å². The molecule has 0 saturated heterocycles. The average Bonchev–Trinajstić information content (AvgIpc) is 2.35. The Labute approximate surface area is 101 Å². The minimum absolute atomic E-state index is 0.272. The Balaban J connectivity index is 2.69. The largest absolute Gasteiger partial charge is 0.394 e. The van der Waals surface area contributed by atoms with Crippen LogP contribution >= 0.6 is 0 Å². The van der Waals surface area contributed by atoms with Gasteiger partial charge in [-0.05, 0) is 23.6 Å². The second kappa shape index (κ2) is 6.37. The topological polar surface area (TPSA) is 69.6 Å². The Bertz CT molecular complexity index is 355. The van der Waals surface area contributed by atoms with Gasteiger partial charge >= 0.3 is 0 Å². The van der Waals surface area contributed by atoms with E-state index in [1.165, 1.54) is 5.56 Å². The molecule has 17 heavy (non-hydrogen) atoms. The Hall–Kier alpha value is -1.39. The third-order valence-electron chi connectivity index (χ3n) is 2.62. The van der Waals surface area contributed by atoms with Gasteiger partial charge < -0.3 is 15.5 Å². The molecule has 0 fully saturated rings. The number of hydrogen-bond donors (Lipinski definition) is 3. The van der Waals surface area contributed by atoms with Gasteiger partial charge in [-0.3, -0.25) is 4.79 Å². The number of carbonyl (C=O) groups is 1. The molecule has 3 N–H and O–H groups in total. The predicted octanol–water partition coefficient (Wildman–Crippen LogP) is 0.893. The Morgan fingerprint density at radius 3 is 2.12 bits per heavy atom. The lowest BCUT2D eigenvalue weighted by atomic mass is 10.0. The molecule has 0 saturated carbocycles. The van der Waals surface area contributed by atoms with E-state index in [1.54, 1.807) is 12.1 Å². The van der Waals surface area contributed by atoms with Crippen molar-refractivity contribution in [3.8, 4) is 0 Å². The summed E-state index contributed by atoms with van der Waals surface area (Å²) < 4.78 is 0. The lowest BCUT2D eigenvalue weighted by Gasteiger charge is -2.13. The van der Waals surface area contributed by atoms with Crippen LogP contribution < -0.4 is 5.32 Å². The molecular weight excluding hydrogens is 218 g/mol. The molecule has 0 spiro atoms. The summed E-state index contributed by atoms with van der Waals surface area (Å²) >= 11 is 0. The number of hydrogen-bond acceptors (Lipinski definition) is 3. The van der Waals surface area contributed by atoms with Crippen molar-refractivity contribution in [1.82, 2.24) is 5.32 Å². The maximum atomic E-state index is 11.7. The molecule has 1 aromatic rings. The molecule has 0 bridgehead atoms. The summed E-state index contributed by atoms with van der Waals surface area (Å²) in [6, 6.07) is 6.71. The monoisotopic (exact) mass is 237 g/mol. The lowest BCUT2D eigenvalue weighted by Crippen LogP contribution is -2.40. The zero-order valence-electron chi connectivity index (χ0n) is 10.2. The number of rotatable bonds is 5. The highest BCUT2D eigenvalue weighted by atomic mass is 16.3. The second-order valence-corrected chi connectivity index (χ2v) is 4.31. The van der Waals surface area contributed by atoms with Gasteiger partial charge in [0.05, 0.1) is 19.3 Å². The molecule has 1 rings (SSSR count). The number of aliphatic hydroxyl groups is 2. The zero-order valence-corrected chi connectivity index (χ0v) is 10.2. The summed E-state index contributed by atoms with van der Waals surface area (Å²) in [6.45, 7) is 3.63. The summed E-state index contributed by atoms with van der Waals surface area (Å²) in [6.07, 6.45) is 0. The average molecular weight is 237 g/mol. The molecule has 4 heteroatoms. The fourth-order valence-electron chi connectivity index (χ4n) is 1.44. The molecule has 0 unspecified atom stereocenters. The normalized spacial score (nSPS) is 10.9. The van der Waals surface area contributed by atoms with Gasteiger partial charge in [0.15, 0.2) is 0 Å². The summed E-state index contributed by atoms with van der Waals surface area (Å²) in [7, 11) is 0. The van der Waals surface area contributed by atoms with Crippen molar-refractivity contribution in [2.75, 3.05) is 13.2 Å². The molecule has 94 valence electrons. The fraction of sp³-hybridized carbons (Fsp3) is 0.462. The van der Waals surface area contributed by atoms with Gasteiger partial charge in [0.1, 0.15) is 0 Å². The molecule has 0 aliphatic rings. The number of aliphatic hydroxyl groups excluding tert-OH is 2. The number of amides is 1. The standard InChI is InChI=1S/C13H19NO3/c1-9(2)10-3-5-11(6-4-10)13(17)14-12(7-15)8-16/h3-6,9,12,15-16H,7-8H2,1-2H3,(H,14,17). The van der Waals surface area contributed by atoms with Gasteiger partial charge in [0.2, 0.25) is 0 Å². The molecule has 0 aromatic heterocycles. The molecule has 1 aromatic carbocycles. The molecule has 1 amide bonds. The lowest BCUT2D eigenvalue weighted by molar-refractivity contribution is 0.0879. The smallest absolute Gasteiger partial charge is 0.251 e. The summed E-state index contributed by atoms with van der Waals surface area (Å²) in [5.74, 6) is 0.142. The van der Waals surface area contributed by atoms with Crippen LogP contribution in [0.2, 0.25) is 0 Å². The van der Waals surface area contributed by atoms with E-state index in [1.807, 2.05) is 12.1 Å². The first-order valence-corrected chi connectivity index (χ1v) is 5.71. The Morgan fingerprint density at radius 2 is 1.71 bits per heavy atom. The highest BCUT2D eigenvalue weighted by molar-refractivity contribution is 5.94. The Morgan fingerprint density at radius 1 is 1.18 bits per heavy atom. The van der Waals surface area contributed by atoms with E-state index in [-0.39, 0.29) is 19.1 Å². The maximum absolute atomic E-state index is 11.7. The van der Waals surface area contributed by atoms with Crippen LogP contribution in [-0.4, -0.2) is 35.4 Å². The SMILES string of the molecule is CC(C)c1ccc(C(=O)NC(CO)CO)cc1. The molecular formula is C13H19NO3. The van der Waals surface area contributed by atoms with Gasteiger partial charge in [-0.1, -0.05) is 26.0 Å². The van der Waals surface area contributed by atoms with Crippen molar-refractivity contribution in [1.29, 1.82) is 0 Å². The van der Waals surface area contributed by atoms with E-state index >= 15 is 0 Å². The molecule has 0 heterocycles. The van der Waals surface area contributed by atoms with E-state index in [0.717, 1.165) is 0 Å². The van der Waals surface area contributed by atoms with Crippen LogP contribution in [-0.2, 0) is 0 Å². The second-order valence-electron chi connectivity index (χ2n) is 4.31. The Kier molecular flexibility index (Phi) is 5.12. The van der Waals surface area contributed by atoms with Crippen molar-refractivity contribution < 1.29 is 15.0 Å². The highest BCUT2D eigenvalue weighted by Gasteiger charge is 2.11. The van der Waals surface area contributed by atoms with Crippen LogP contribution in [0.5, 0.6) is 0 Å². The first kappa shape index (κ1) is 13.7. The van der Waals surface area contributed by atoms with Gasteiger partial charge in [0, 0.05) is 5.56 Å². The highest BCUT2D eigenvalue weighted by Crippen LogP contribution is 2.14. The summed E-state index contributed by atoms with van der Waals surface area (Å²) in [5, 5.41) is 20.3. The first-order chi connectivity index (χ1) is 8.08. The maximum Gasteiger partial charge on any atom is 0.251 e. The van der Waals surface area contributed by atoms with E-state index < -0.39 is 6.04 Å². The van der Waals surface area contributed by atoms with E-state index in [2.05, 4.69) is 19.2 Å². The van der Waals surface area contributed by atoms with Gasteiger partial charge in [-0.2, -0.15) is 0 Å². The quantitative estimate of drug-likeness (QED) is 0.712. The molecule has 0 atom stereocenters. The molecule has 4 nitrogen and oxygen atoms in total. The number of benzene rings is 1. The van der Waals surface area contributed by atoms with Crippen molar-refractivity contribution in [3.05, 3.63) is 35.4 Å². The van der Waals surface area contributed by atoms with Crippen LogP contribution in [0, 0.1) is 0 Å². The van der Waals surface area contributed by atoms with Crippen LogP contribution in [0.15, 0.2) is 24.3 Å². The molecule has 0 radical (unpaired) electrons. The van der Waals surface area contributed by atoms with Gasteiger partial charge in [-0.25, -0.2) is 0 Å².